The van der Waals surface area contributed by atoms with Crippen LogP contribution in [0.2, 0.25) is 0 Å². The number of benzene rings is 1. The third-order valence-electron chi connectivity index (χ3n) is 7.97. The number of carboxylic acid groups (broad SMARTS) is 2. The van der Waals surface area contributed by atoms with Gasteiger partial charge in [-0.2, -0.15) is 17.2 Å². The van der Waals surface area contributed by atoms with E-state index in [-0.39, 0.29) is 17.1 Å². The topological polar surface area (TPSA) is 109 Å². The Morgan fingerprint density at radius 2 is 1.46 bits per heavy atom. The van der Waals surface area contributed by atoms with E-state index < -0.39 is 6.16 Å². The molecule has 268 valence electrons. The average molecular weight is 700 g/mol. The second-order valence-electron chi connectivity index (χ2n) is 12.4. The number of imidazole rings is 1. The van der Waals surface area contributed by atoms with E-state index in [4.69, 9.17) is 19.7 Å². The van der Waals surface area contributed by atoms with Gasteiger partial charge in [-0.15, -0.1) is 12.1 Å². The molecule has 0 atom stereocenters. The molecule has 2 aromatic heterocycles. The first-order chi connectivity index (χ1) is 22.8. The molecule has 0 saturated carbocycles. The Morgan fingerprint density at radius 1 is 0.917 bits per heavy atom. The van der Waals surface area contributed by atoms with E-state index in [9.17, 15) is 0 Å². The summed E-state index contributed by atoms with van der Waals surface area (Å²) in [4.78, 5) is 8.44. The van der Waals surface area contributed by atoms with Crippen LogP contribution in [0.25, 0.3) is 22.3 Å². The summed E-state index contributed by atoms with van der Waals surface area (Å²) in [6, 6.07) is 25.7. The summed E-state index contributed by atoms with van der Waals surface area (Å²) in [5.41, 5.74) is 4.66. The summed E-state index contributed by atoms with van der Waals surface area (Å²) in [5.74, 6) is 0.986. The van der Waals surface area contributed by atoms with Gasteiger partial charge in [-0.05, 0) is 58.9 Å². The van der Waals surface area contributed by atoms with E-state index in [1.807, 2.05) is 47.1 Å². The third-order valence-corrected chi connectivity index (χ3v) is 7.97. The molecule has 48 heavy (non-hydrogen) atoms. The summed E-state index contributed by atoms with van der Waals surface area (Å²) < 4.78 is 12.8. The molecule has 0 radical (unpaired) electrons. The van der Waals surface area contributed by atoms with Crippen molar-refractivity contribution in [2.75, 3.05) is 6.61 Å². The monoisotopic (exact) mass is 699 g/mol. The van der Waals surface area contributed by atoms with Crippen molar-refractivity contribution in [3.63, 3.8) is 0 Å². The number of rotatable bonds is 17. The van der Waals surface area contributed by atoms with E-state index in [0.717, 1.165) is 36.6 Å². The third kappa shape index (κ3) is 14.5. The molecule has 10 heteroatoms. The van der Waals surface area contributed by atoms with Crippen LogP contribution < -0.4 is 14.4 Å². The van der Waals surface area contributed by atoms with Crippen LogP contribution in [0.1, 0.15) is 104 Å². The molecule has 0 fully saturated rings. The van der Waals surface area contributed by atoms with Crippen LogP contribution in [-0.4, -0.2) is 37.4 Å². The maximum absolute atomic E-state index is 8.44. The predicted molar refractivity (Wildman–Crippen MR) is 186 cm³/mol. The van der Waals surface area contributed by atoms with Gasteiger partial charge in [0.05, 0.1) is 18.7 Å². The molecular formula is C38H53FeN5O4-6. The van der Waals surface area contributed by atoms with Crippen LogP contribution in [0.3, 0.4) is 0 Å². The maximum atomic E-state index is 8.44. The summed E-state index contributed by atoms with van der Waals surface area (Å²) in [5, 5.41) is 23.8. The number of carbonyl (C=O) groups is 1. The number of hydrogen-bond donors (Lipinski definition) is 1. The van der Waals surface area contributed by atoms with Crippen molar-refractivity contribution in [1.29, 1.82) is 0 Å². The van der Waals surface area contributed by atoms with Gasteiger partial charge in [0.25, 0.3) is 0 Å². The number of nitrogens with zero attached hydrogens (tertiary/aromatic N) is 5. The summed E-state index contributed by atoms with van der Waals surface area (Å²) in [6.45, 7) is 10.7. The zero-order valence-electron chi connectivity index (χ0n) is 29.0. The molecule has 9 nitrogen and oxygen atoms in total. The fourth-order valence-corrected chi connectivity index (χ4v) is 5.49. The first kappa shape index (κ1) is 40.3. The number of aromatic nitrogens is 5. The van der Waals surface area contributed by atoms with Crippen LogP contribution in [-0.2, 0) is 23.6 Å². The molecule has 3 aromatic carbocycles. The van der Waals surface area contributed by atoms with Gasteiger partial charge in [-0.1, -0.05) is 62.1 Å². The molecule has 0 amide bonds. The van der Waals surface area contributed by atoms with Crippen molar-refractivity contribution in [3.8, 4) is 17.0 Å². The van der Waals surface area contributed by atoms with E-state index in [2.05, 4.69) is 90.0 Å². The van der Waals surface area contributed by atoms with Crippen molar-refractivity contribution >= 4 is 17.2 Å². The largest absolute Gasteiger partial charge is 0.748 e. The number of fused-ring (bicyclic) bond motifs is 1. The first-order valence-electron chi connectivity index (χ1n) is 17.1. The van der Waals surface area contributed by atoms with E-state index in [0.29, 0.717) is 12.1 Å². The Hall–Kier alpha value is -3.88. The zero-order chi connectivity index (χ0) is 33.9. The van der Waals surface area contributed by atoms with Crippen LogP contribution in [0.5, 0.6) is 5.75 Å². The zero-order valence-corrected chi connectivity index (χ0v) is 30.1. The summed E-state index contributed by atoms with van der Waals surface area (Å²) >= 11 is 0. The molecule has 0 bridgehead atoms. The van der Waals surface area contributed by atoms with Gasteiger partial charge < -0.3 is 50.1 Å². The minimum absolute atomic E-state index is 0. The normalized spacial score (nSPS) is 10.7. The molecule has 0 spiro atoms. The second-order valence-corrected chi connectivity index (χ2v) is 12.4. The van der Waals surface area contributed by atoms with E-state index in [1.54, 1.807) is 0 Å². The van der Waals surface area contributed by atoms with Gasteiger partial charge in [-0.3, -0.25) is 4.68 Å². The van der Waals surface area contributed by atoms with Crippen LogP contribution >= 0.6 is 0 Å². The maximum Gasteiger partial charge on any atom is 0.249 e. The Bertz CT molecular complexity index is 1500. The summed E-state index contributed by atoms with van der Waals surface area (Å²) in [6.07, 6.45) is 15.1. The van der Waals surface area contributed by atoms with Crippen molar-refractivity contribution in [3.05, 3.63) is 85.3 Å². The van der Waals surface area contributed by atoms with E-state index in [1.165, 1.54) is 68.8 Å². The van der Waals surface area contributed by atoms with E-state index >= 15 is 0 Å². The van der Waals surface area contributed by atoms with Gasteiger partial charge in [-0.25, -0.2) is 9.13 Å². The van der Waals surface area contributed by atoms with Crippen molar-refractivity contribution < 1.29 is 41.4 Å². The van der Waals surface area contributed by atoms with Crippen LogP contribution in [0.15, 0.2) is 85.3 Å². The summed E-state index contributed by atoms with van der Waals surface area (Å²) in [7, 11) is 0. The first-order valence-corrected chi connectivity index (χ1v) is 17.1. The van der Waals surface area contributed by atoms with Crippen molar-refractivity contribution in [1.82, 2.24) is 19.6 Å². The Kier molecular flexibility index (Phi) is 19.0. The quantitative estimate of drug-likeness (QED) is 0.0453. The smallest absolute Gasteiger partial charge is 0.249 e. The molecule has 1 N–H and O–H groups in total. The fourth-order valence-electron chi connectivity index (χ4n) is 5.49. The Labute approximate surface area is 296 Å². The minimum atomic E-state index is -2.08. The van der Waals surface area contributed by atoms with Crippen molar-refractivity contribution in [2.24, 2.45) is 0 Å². The molecule has 0 saturated heterocycles. The number of aryl methyl sites for hydroxylation is 1. The van der Waals surface area contributed by atoms with Gasteiger partial charge in [0.15, 0.2) is 11.0 Å². The molecule has 0 aliphatic heterocycles. The van der Waals surface area contributed by atoms with Crippen LogP contribution in [0, 0.1) is 0 Å². The molecular weight excluding hydrogens is 646 g/mol. The fraction of sp³-hybridized carbons (Fsp3) is 0.474. The molecule has 0 aliphatic carbocycles. The molecule has 5 aromatic rings. The average Bonchev–Trinajstić information content (AvgIpc) is 3.86. The Morgan fingerprint density at radius 3 is 2.00 bits per heavy atom. The number of ether oxygens (including phenoxy) is 1. The van der Waals surface area contributed by atoms with Gasteiger partial charge in [0, 0.05) is 35.4 Å². The predicted octanol–water partition coefficient (Wildman–Crippen LogP) is 8.34. The Balaban J connectivity index is 0.000000700. The molecule has 2 heterocycles. The van der Waals surface area contributed by atoms with Crippen LogP contribution in [0.4, 0.5) is 4.79 Å². The van der Waals surface area contributed by atoms with Crippen molar-refractivity contribution in [2.45, 2.75) is 111 Å². The minimum Gasteiger partial charge on any atom is -0.748 e. The van der Waals surface area contributed by atoms with Gasteiger partial charge in [0.1, 0.15) is 5.75 Å². The molecule has 0 aliphatic rings. The molecule has 0 unspecified atom stereocenters. The van der Waals surface area contributed by atoms with Gasteiger partial charge >= 0.3 is 0 Å². The standard InChI is InChI=1S/C32H47N5O.C5H5.CH2O3.Fe/c1-26(2)36-25-37(27(3)4)32-23-29(19-20-31(32)36)38-22-16-12-10-8-6-5-7-9-11-15-21-35-24-30(33-34-35)28-17-13-14-18-28;1-2-4-5-3-1;2-1(3)4;/h13-14,17-20,23-27H,5-12,15-16,21-22H2,1-4H3;1-5H;(H2,2,3,4);/q;-5;;/p-1. The number of unbranched alkanes of at least 4 members (excludes halogenated alkanes) is 9. The second kappa shape index (κ2) is 22.6. The SMILES string of the molecule is CC(C)n1c[n+](C(C)C)c2ccc(OCCCCCCCCCCCCn3cc(-[c-]4cccc4)nn3)cc21.O=C([O-])O.[Fe].[cH-]1[cH-][cH-][cH-][cH-]1. The number of hydrogen-bond acceptors (Lipinski definition) is 5. The molecule has 5 rings (SSSR count). The van der Waals surface area contributed by atoms with Gasteiger partial charge in [0.2, 0.25) is 12.5 Å².